The molecule has 20 heavy (non-hydrogen) atoms. The van der Waals surface area contributed by atoms with Crippen molar-refractivity contribution in [2.75, 3.05) is 25.2 Å². The number of thiophene rings is 1. The second-order valence-electron chi connectivity index (χ2n) is 4.18. The van der Waals surface area contributed by atoms with Crippen LogP contribution in [0.4, 0.5) is 0 Å². The van der Waals surface area contributed by atoms with Crippen LogP contribution < -0.4 is 5.32 Å². The highest BCUT2D eigenvalue weighted by Crippen LogP contribution is 2.15. The monoisotopic (exact) mass is 315 g/mol. The summed E-state index contributed by atoms with van der Waals surface area (Å²) in [5, 5.41) is 13.1. The Morgan fingerprint density at radius 1 is 1.50 bits per heavy atom. The number of sulfone groups is 1. The Labute approximate surface area is 122 Å². The van der Waals surface area contributed by atoms with Gasteiger partial charge in [0, 0.05) is 24.8 Å². The molecule has 0 spiro atoms. The molecule has 5 nitrogen and oxygen atoms in total. The summed E-state index contributed by atoms with van der Waals surface area (Å²) in [6.45, 7) is 0.303. The molecule has 1 amide bonds. The van der Waals surface area contributed by atoms with Crippen LogP contribution in [0, 0.1) is 11.8 Å². The van der Waals surface area contributed by atoms with Crippen LogP contribution in [-0.4, -0.2) is 44.6 Å². The van der Waals surface area contributed by atoms with Crippen molar-refractivity contribution in [1.29, 1.82) is 0 Å². The predicted molar refractivity (Wildman–Crippen MR) is 79.6 cm³/mol. The number of amides is 1. The number of hydrogen-bond acceptors (Lipinski definition) is 5. The molecule has 110 valence electrons. The van der Waals surface area contributed by atoms with E-state index in [0.29, 0.717) is 29.8 Å². The molecule has 1 heterocycles. The number of hydrogen-bond donors (Lipinski definition) is 2. The highest BCUT2D eigenvalue weighted by molar-refractivity contribution is 7.90. The molecule has 0 bridgehead atoms. The Kier molecular flexibility index (Phi) is 6.71. The van der Waals surface area contributed by atoms with E-state index in [1.54, 1.807) is 11.4 Å². The van der Waals surface area contributed by atoms with E-state index < -0.39 is 9.84 Å². The van der Waals surface area contributed by atoms with E-state index in [4.69, 9.17) is 5.11 Å². The molecule has 0 aromatic carbocycles. The molecule has 0 atom stereocenters. The van der Waals surface area contributed by atoms with Gasteiger partial charge in [-0.25, -0.2) is 8.42 Å². The molecule has 7 heteroatoms. The average Bonchev–Trinajstić information content (AvgIpc) is 2.82. The van der Waals surface area contributed by atoms with Gasteiger partial charge in [-0.2, -0.15) is 0 Å². The Balaban J connectivity index is 2.52. The maximum atomic E-state index is 11.9. The molecule has 0 aliphatic carbocycles. The van der Waals surface area contributed by atoms with Crippen LogP contribution in [0.3, 0.4) is 0 Å². The molecule has 0 aliphatic rings. The number of carbonyl (C=O) groups is 1. The topological polar surface area (TPSA) is 83.5 Å². The molecule has 0 aliphatic heterocycles. The zero-order valence-electron chi connectivity index (χ0n) is 11.2. The minimum atomic E-state index is -2.99. The van der Waals surface area contributed by atoms with Crippen molar-refractivity contribution in [2.45, 2.75) is 12.8 Å². The van der Waals surface area contributed by atoms with E-state index in [1.165, 1.54) is 17.6 Å². The first-order valence-corrected chi connectivity index (χ1v) is 9.01. The molecule has 1 rings (SSSR count). The zero-order chi connectivity index (χ0) is 15.0. The van der Waals surface area contributed by atoms with Gasteiger partial charge in [-0.15, -0.1) is 11.3 Å². The number of nitrogens with one attached hydrogen (secondary N) is 1. The second-order valence-corrected chi connectivity index (χ2v) is 7.35. The van der Waals surface area contributed by atoms with Gasteiger partial charge in [-0.05, 0) is 17.9 Å². The summed E-state index contributed by atoms with van der Waals surface area (Å²) < 4.78 is 21.9. The van der Waals surface area contributed by atoms with Gasteiger partial charge in [0.25, 0.3) is 5.91 Å². The zero-order valence-corrected chi connectivity index (χ0v) is 12.8. The minimum Gasteiger partial charge on any atom is -0.395 e. The van der Waals surface area contributed by atoms with Crippen LogP contribution in [-0.2, 0) is 9.84 Å². The summed E-state index contributed by atoms with van der Waals surface area (Å²) in [5.41, 5.74) is 0.629. The maximum absolute atomic E-state index is 11.9. The van der Waals surface area contributed by atoms with Crippen LogP contribution >= 0.6 is 11.3 Å². The van der Waals surface area contributed by atoms with Gasteiger partial charge >= 0.3 is 0 Å². The van der Waals surface area contributed by atoms with Gasteiger partial charge < -0.3 is 10.4 Å². The van der Waals surface area contributed by atoms with Crippen LogP contribution in [0.15, 0.2) is 11.4 Å². The van der Waals surface area contributed by atoms with E-state index in [0.717, 1.165) is 0 Å². The van der Waals surface area contributed by atoms with Gasteiger partial charge in [-0.3, -0.25) is 4.79 Å². The van der Waals surface area contributed by atoms with E-state index >= 15 is 0 Å². The predicted octanol–water partition coefficient (Wildman–Crippen LogP) is 0.647. The molecule has 0 fully saturated rings. The van der Waals surface area contributed by atoms with Gasteiger partial charge in [0.1, 0.15) is 14.7 Å². The molecule has 0 radical (unpaired) electrons. The maximum Gasteiger partial charge on any atom is 0.262 e. The molecular formula is C13H17NO4S2. The minimum absolute atomic E-state index is 0.00976. The molecule has 1 aromatic rings. The van der Waals surface area contributed by atoms with Crippen molar-refractivity contribution in [3.63, 3.8) is 0 Å². The highest BCUT2D eigenvalue weighted by Gasteiger charge is 2.11. The summed E-state index contributed by atoms with van der Waals surface area (Å²) in [7, 11) is -2.99. The van der Waals surface area contributed by atoms with E-state index in [-0.39, 0.29) is 18.3 Å². The van der Waals surface area contributed by atoms with Gasteiger partial charge in [0.15, 0.2) is 0 Å². The number of rotatable bonds is 6. The third kappa shape index (κ3) is 6.19. The van der Waals surface area contributed by atoms with E-state index in [1.807, 2.05) is 0 Å². The fourth-order valence-corrected chi connectivity index (χ4v) is 2.85. The van der Waals surface area contributed by atoms with Gasteiger partial charge in [-0.1, -0.05) is 11.8 Å². The molecule has 0 saturated heterocycles. The molecule has 0 unspecified atom stereocenters. The largest absolute Gasteiger partial charge is 0.395 e. The smallest absolute Gasteiger partial charge is 0.262 e. The third-order valence-electron chi connectivity index (χ3n) is 2.31. The lowest BCUT2D eigenvalue weighted by molar-refractivity contribution is 0.0957. The first-order valence-electron chi connectivity index (χ1n) is 6.07. The van der Waals surface area contributed by atoms with E-state index in [2.05, 4.69) is 17.2 Å². The first kappa shape index (κ1) is 16.7. The van der Waals surface area contributed by atoms with Crippen molar-refractivity contribution in [3.05, 3.63) is 21.9 Å². The molecule has 1 aromatic heterocycles. The lowest BCUT2D eigenvalue weighted by atomic mass is 10.2. The van der Waals surface area contributed by atoms with E-state index in [9.17, 15) is 13.2 Å². The third-order valence-corrected chi connectivity index (χ3v) is 4.25. The van der Waals surface area contributed by atoms with Crippen molar-refractivity contribution in [2.24, 2.45) is 0 Å². The van der Waals surface area contributed by atoms with Crippen molar-refractivity contribution in [1.82, 2.24) is 5.32 Å². The SMILES string of the molecule is CS(=O)(=O)CCCNC(=O)c1sccc1C#CCCO. The van der Waals surface area contributed by atoms with Crippen LogP contribution in [0.2, 0.25) is 0 Å². The number of aliphatic hydroxyl groups is 1. The Morgan fingerprint density at radius 3 is 2.90 bits per heavy atom. The number of aliphatic hydroxyl groups excluding tert-OH is 1. The quantitative estimate of drug-likeness (QED) is 0.596. The first-order chi connectivity index (χ1) is 9.44. The normalized spacial score (nSPS) is 10.7. The second kappa shape index (κ2) is 8.04. The van der Waals surface area contributed by atoms with Crippen LogP contribution in [0.25, 0.3) is 0 Å². The van der Waals surface area contributed by atoms with Gasteiger partial charge in [0.05, 0.1) is 12.4 Å². The number of carbonyl (C=O) groups excluding carboxylic acids is 1. The van der Waals surface area contributed by atoms with Crippen LogP contribution in [0.1, 0.15) is 28.1 Å². The Hall–Kier alpha value is -1.36. The van der Waals surface area contributed by atoms with Crippen molar-refractivity contribution >= 4 is 27.1 Å². The highest BCUT2D eigenvalue weighted by atomic mass is 32.2. The standard InChI is InChI=1S/C13H17NO4S2/c1-20(17,18)10-4-7-14-13(16)12-11(6-9-19-12)5-2-3-8-15/h6,9,15H,3-4,7-8,10H2,1H3,(H,14,16). The summed E-state index contributed by atoms with van der Waals surface area (Å²) in [6.07, 6.45) is 1.93. The molecule has 0 saturated carbocycles. The van der Waals surface area contributed by atoms with Crippen molar-refractivity contribution < 1.29 is 18.3 Å². The Morgan fingerprint density at radius 2 is 2.25 bits per heavy atom. The lowest BCUT2D eigenvalue weighted by Gasteiger charge is -2.03. The Bertz CT molecular complexity index is 608. The van der Waals surface area contributed by atoms with Crippen LogP contribution in [0.5, 0.6) is 0 Å². The fourth-order valence-electron chi connectivity index (χ4n) is 1.41. The molecule has 2 N–H and O–H groups in total. The summed E-state index contributed by atoms with van der Waals surface area (Å²) in [4.78, 5) is 12.4. The fraction of sp³-hybridized carbons (Fsp3) is 0.462. The summed E-state index contributed by atoms with van der Waals surface area (Å²) in [5.74, 6) is 5.41. The lowest BCUT2D eigenvalue weighted by Crippen LogP contribution is -2.25. The molecular weight excluding hydrogens is 298 g/mol. The van der Waals surface area contributed by atoms with Gasteiger partial charge in [0.2, 0.25) is 0 Å². The van der Waals surface area contributed by atoms with Crippen molar-refractivity contribution in [3.8, 4) is 11.8 Å². The summed E-state index contributed by atoms with van der Waals surface area (Å²) in [6, 6.07) is 1.75. The summed E-state index contributed by atoms with van der Waals surface area (Å²) >= 11 is 1.28. The average molecular weight is 315 g/mol.